The SMILES string of the molecule is CC(C)(C)OC(=O)/N=C\C1CCCN(c2ccnc3c(F)cc(B(O)O)cc23)C1. The zero-order valence-corrected chi connectivity index (χ0v) is 16.8. The molecular formula is C20H25BFN3O4. The van der Waals surface area contributed by atoms with Crippen LogP contribution >= 0.6 is 0 Å². The van der Waals surface area contributed by atoms with E-state index in [2.05, 4.69) is 14.9 Å². The topological polar surface area (TPSA) is 95.2 Å². The minimum absolute atomic E-state index is 0.0379. The van der Waals surface area contributed by atoms with Gasteiger partial charge in [0.15, 0.2) is 0 Å². The summed E-state index contributed by atoms with van der Waals surface area (Å²) in [5.41, 5.74) is 0.412. The number of nitrogens with zero attached hydrogens (tertiary/aromatic N) is 3. The molecule has 1 unspecified atom stereocenters. The fourth-order valence-corrected chi connectivity index (χ4v) is 3.45. The highest BCUT2D eigenvalue weighted by molar-refractivity contribution is 6.59. The number of aromatic nitrogens is 1. The number of amides is 1. The minimum Gasteiger partial charge on any atom is -0.442 e. The van der Waals surface area contributed by atoms with Crippen LogP contribution in [-0.2, 0) is 4.74 Å². The third kappa shape index (κ3) is 5.30. The van der Waals surface area contributed by atoms with Crippen molar-refractivity contribution in [1.82, 2.24) is 4.98 Å². The van der Waals surface area contributed by atoms with Crippen LogP contribution < -0.4 is 10.4 Å². The molecule has 0 bridgehead atoms. The molecule has 1 amide bonds. The van der Waals surface area contributed by atoms with Gasteiger partial charge in [-0.25, -0.2) is 9.18 Å². The first-order valence-electron chi connectivity index (χ1n) is 9.60. The first kappa shape index (κ1) is 21.2. The first-order chi connectivity index (χ1) is 13.6. The lowest BCUT2D eigenvalue weighted by molar-refractivity contribution is 0.0604. The lowest BCUT2D eigenvalue weighted by Gasteiger charge is -2.33. The maximum atomic E-state index is 14.4. The van der Waals surface area contributed by atoms with E-state index in [0.29, 0.717) is 11.9 Å². The van der Waals surface area contributed by atoms with E-state index in [1.165, 1.54) is 6.20 Å². The average molecular weight is 401 g/mol. The van der Waals surface area contributed by atoms with Crippen molar-refractivity contribution in [3.8, 4) is 0 Å². The maximum absolute atomic E-state index is 14.4. The number of anilines is 1. The summed E-state index contributed by atoms with van der Waals surface area (Å²) in [6, 6.07) is 4.41. The van der Waals surface area contributed by atoms with Gasteiger partial charge in [-0.3, -0.25) is 4.98 Å². The van der Waals surface area contributed by atoms with Crippen LogP contribution in [0.5, 0.6) is 0 Å². The molecule has 2 heterocycles. The lowest BCUT2D eigenvalue weighted by atomic mass is 9.79. The van der Waals surface area contributed by atoms with Crippen molar-refractivity contribution in [2.75, 3.05) is 18.0 Å². The highest BCUT2D eigenvalue weighted by Gasteiger charge is 2.23. The Morgan fingerprint density at radius 1 is 1.41 bits per heavy atom. The predicted molar refractivity (Wildman–Crippen MR) is 111 cm³/mol. The summed E-state index contributed by atoms with van der Waals surface area (Å²) in [7, 11) is -1.77. The maximum Gasteiger partial charge on any atom is 0.488 e. The molecule has 2 aromatic rings. The molecule has 1 aromatic carbocycles. The molecule has 0 saturated carbocycles. The van der Waals surface area contributed by atoms with Gasteiger partial charge in [0, 0.05) is 42.5 Å². The van der Waals surface area contributed by atoms with Gasteiger partial charge in [0.05, 0.1) is 0 Å². The number of pyridine rings is 1. The van der Waals surface area contributed by atoms with Crippen LogP contribution in [0.3, 0.4) is 0 Å². The largest absolute Gasteiger partial charge is 0.488 e. The zero-order chi connectivity index (χ0) is 21.2. The van der Waals surface area contributed by atoms with Crippen molar-refractivity contribution in [2.45, 2.75) is 39.2 Å². The van der Waals surface area contributed by atoms with Crippen LogP contribution in [0.1, 0.15) is 33.6 Å². The molecule has 1 aliphatic heterocycles. The molecular weight excluding hydrogens is 376 g/mol. The van der Waals surface area contributed by atoms with Crippen LogP contribution in [0.25, 0.3) is 10.9 Å². The Labute approximate surface area is 169 Å². The van der Waals surface area contributed by atoms with Crippen LogP contribution in [0, 0.1) is 11.7 Å². The Morgan fingerprint density at radius 3 is 2.86 bits per heavy atom. The Morgan fingerprint density at radius 2 is 2.17 bits per heavy atom. The molecule has 1 aromatic heterocycles. The fourth-order valence-electron chi connectivity index (χ4n) is 3.45. The molecule has 1 fully saturated rings. The highest BCUT2D eigenvalue weighted by atomic mass is 19.1. The van der Waals surface area contributed by atoms with E-state index in [-0.39, 0.29) is 16.9 Å². The number of piperidine rings is 1. The van der Waals surface area contributed by atoms with Crippen molar-refractivity contribution >= 4 is 41.5 Å². The summed E-state index contributed by atoms with van der Waals surface area (Å²) in [5.74, 6) is -0.566. The van der Waals surface area contributed by atoms with Gasteiger partial charge in [0.2, 0.25) is 0 Å². The van der Waals surface area contributed by atoms with Gasteiger partial charge in [-0.1, -0.05) is 6.07 Å². The van der Waals surface area contributed by atoms with Crippen LogP contribution in [0.2, 0.25) is 0 Å². The second kappa shape index (κ2) is 8.46. The van der Waals surface area contributed by atoms with Crippen molar-refractivity contribution in [3.05, 3.63) is 30.2 Å². The summed E-state index contributed by atoms with van der Waals surface area (Å²) in [5, 5.41) is 19.4. The van der Waals surface area contributed by atoms with Gasteiger partial charge in [-0.05, 0) is 51.2 Å². The van der Waals surface area contributed by atoms with E-state index in [4.69, 9.17) is 4.74 Å². The molecule has 7 nitrogen and oxygen atoms in total. The number of rotatable bonds is 3. The number of halogens is 1. The molecule has 9 heteroatoms. The number of carbonyl (C=O) groups excluding carboxylic acids is 1. The van der Waals surface area contributed by atoms with Gasteiger partial charge < -0.3 is 19.7 Å². The minimum atomic E-state index is -1.77. The smallest absolute Gasteiger partial charge is 0.442 e. The van der Waals surface area contributed by atoms with Gasteiger partial charge in [0.25, 0.3) is 0 Å². The second-order valence-corrected chi connectivity index (χ2v) is 8.21. The van der Waals surface area contributed by atoms with Crippen LogP contribution in [0.15, 0.2) is 29.4 Å². The summed E-state index contributed by atoms with van der Waals surface area (Å²) in [4.78, 5) is 21.9. The quantitative estimate of drug-likeness (QED) is 0.605. The monoisotopic (exact) mass is 401 g/mol. The number of hydrogen-bond acceptors (Lipinski definition) is 6. The summed E-state index contributed by atoms with van der Waals surface area (Å²) < 4.78 is 19.6. The molecule has 0 aliphatic carbocycles. The van der Waals surface area contributed by atoms with Crippen molar-refractivity contribution in [3.63, 3.8) is 0 Å². The van der Waals surface area contributed by atoms with Gasteiger partial charge in [0.1, 0.15) is 16.9 Å². The Balaban J connectivity index is 1.83. The average Bonchev–Trinajstić information content (AvgIpc) is 2.65. The second-order valence-electron chi connectivity index (χ2n) is 8.21. The normalized spacial score (nSPS) is 17.7. The van der Waals surface area contributed by atoms with E-state index in [9.17, 15) is 19.2 Å². The molecule has 2 N–H and O–H groups in total. The standard InChI is InChI=1S/C20H25BFN3O4/c1-20(2,3)29-19(26)24-11-13-5-4-8-25(12-13)17-6-7-23-18-15(17)9-14(21(27)28)10-16(18)22/h6-7,9-11,13,27-28H,4-5,8,12H2,1-3H3/b24-11-. The third-order valence-corrected chi connectivity index (χ3v) is 4.68. The Kier molecular flexibility index (Phi) is 6.19. The van der Waals surface area contributed by atoms with Gasteiger partial charge >= 0.3 is 13.2 Å². The van der Waals surface area contributed by atoms with Crippen LogP contribution in [-0.4, -0.2) is 53.1 Å². The number of fused-ring (bicyclic) bond motifs is 1. The first-order valence-corrected chi connectivity index (χ1v) is 9.60. The predicted octanol–water partition coefficient (Wildman–Crippen LogP) is 2.28. The van der Waals surface area contributed by atoms with E-state index in [0.717, 1.165) is 31.1 Å². The molecule has 1 aliphatic rings. The number of benzene rings is 1. The zero-order valence-electron chi connectivity index (χ0n) is 16.8. The molecule has 0 radical (unpaired) electrons. The van der Waals surface area contributed by atoms with E-state index in [1.807, 2.05) is 0 Å². The molecule has 1 saturated heterocycles. The Bertz CT molecular complexity index is 930. The number of aliphatic imine (C=N–C) groups is 1. The van der Waals surface area contributed by atoms with E-state index in [1.54, 1.807) is 39.1 Å². The van der Waals surface area contributed by atoms with E-state index >= 15 is 0 Å². The van der Waals surface area contributed by atoms with Crippen molar-refractivity contribution in [1.29, 1.82) is 0 Å². The molecule has 0 spiro atoms. The fraction of sp³-hybridized carbons (Fsp3) is 0.450. The van der Waals surface area contributed by atoms with Gasteiger partial charge in [-0.2, -0.15) is 4.99 Å². The van der Waals surface area contributed by atoms with Crippen LogP contribution in [0.4, 0.5) is 14.9 Å². The number of ether oxygens (including phenoxy) is 1. The molecule has 154 valence electrons. The summed E-state index contributed by atoms with van der Waals surface area (Å²) in [6.07, 6.45) is 4.29. The summed E-state index contributed by atoms with van der Waals surface area (Å²) in [6.45, 7) is 6.71. The highest BCUT2D eigenvalue weighted by Crippen LogP contribution is 2.29. The summed E-state index contributed by atoms with van der Waals surface area (Å²) >= 11 is 0. The molecule has 1 atom stereocenters. The Hall–Kier alpha value is -2.52. The molecule has 29 heavy (non-hydrogen) atoms. The van der Waals surface area contributed by atoms with Gasteiger partial charge in [-0.15, -0.1) is 0 Å². The molecule has 3 rings (SSSR count). The lowest BCUT2D eigenvalue weighted by Crippen LogP contribution is -2.36. The third-order valence-electron chi connectivity index (χ3n) is 4.68. The van der Waals surface area contributed by atoms with E-state index < -0.39 is 24.6 Å². The van der Waals surface area contributed by atoms with Crippen molar-refractivity contribution < 1.29 is 24.0 Å². The van der Waals surface area contributed by atoms with Crippen molar-refractivity contribution in [2.24, 2.45) is 10.9 Å². The number of hydrogen-bond donors (Lipinski definition) is 2. The number of carbonyl (C=O) groups is 1.